The molecule has 1 heterocycles. The Balaban J connectivity index is 2.61. The van der Waals surface area contributed by atoms with Crippen LogP contribution in [-0.2, 0) is 0 Å². The van der Waals surface area contributed by atoms with E-state index in [4.69, 9.17) is 0 Å². The van der Waals surface area contributed by atoms with E-state index in [9.17, 15) is 8.78 Å². The van der Waals surface area contributed by atoms with Crippen molar-refractivity contribution in [1.82, 2.24) is 4.98 Å². The summed E-state index contributed by atoms with van der Waals surface area (Å²) in [5, 5.41) is 0. The Bertz CT molecular complexity index is 577. The molecule has 17 heavy (non-hydrogen) atoms. The van der Waals surface area contributed by atoms with Crippen LogP contribution in [0.1, 0.15) is 16.8 Å². The summed E-state index contributed by atoms with van der Waals surface area (Å²) in [6.45, 7) is 5.24. The Morgan fingerprint density at radius 1 is 1.06 bits per heavy atom. The summed E-state index contributed by atoms with van der Waals surface area (Å²) in [6, 6.07) is 4.59. The number of aromatic nitrogens is 1. The molecule has 2 aromatic rings. The number of halogens is 2. The Labute approximate surface area is 99.1 Å². The van der Waals surface area contributed by atoms with Crippen molar-refractivity contribution in [2.45, 2.75) is 20.8 Å². The van der Waals surface area contributed by atoms with Crippen LogP contribution in [0, 0.1) is 32.4 Å². The number of benzene rings is 1. The molecule has 1 aromatic carbocycles. The van der Waals surface area contributed by atoms with Gasteiger partial charge in [-0.3, -0.25) is 4.98 Å². The molecule has 0 amide bonds. The van der Waals surface area contributed by atoms with Gasteiger partial charge in [-0.1, -0.05) is 0 Å². The molecular weight excluding hydrogens is 220 g/mol. The van der Waals surface area contributed by atoms with Crippen molar-refractivity contribution in [3.8, 4) is 11.1 Å². The largest absolute Gasteiger partial charge is 0.261 e. The van der Waals surface area contributed by atoms with E-state index < -0.39 is 11.6 Å². The molecule has 2 rings (SSSR count). The summed E-state index contributed by atoms with van der Waals surface area (Å²) in [5.74, 6) is -1.04. The van der Waals surface area contributed by atoms with E-state index in [-0.39, 0.29) is 5.56 Å². The van der Waals surface area contributed by atoms with Crippen molar-refractivity contribution < 1.29 is 8.78 Å². The molecule has 0 N–H and O–H groups in total. The minimum absolute atomic E-state index is 0.0423. The second kappa shape index (κ2) is 4.24. The van der Waals surface area contributed by atoms with Gasteiger partial charge in [-0.25, -0.2) is 8.78 Å². The lowest BCUT2D eigenvalue weighted by molar-refractivity contribution is 0.570. The van der Waals surface area contributed by atoms with Crippen molar-refractivity contribution in [2.75, 3.05) is 0 Å². The van der Waals surface area contributed by atoms with Crippen molar-refractivity contribution in [1.29, 1.82) is 0 Å². The molecule has 0 spiro atoms. The van der Waals surface area contributed by atoms with Crippen LogP contribution >= 0.6 is 0 Å². The molecule has 0 saturated carbocycles. The van der Waals surface area contributed by atoms with Gasteiger partial charge >= 0.3 is 0 Å². The van der Waals surface area contributed by atoms with E-state index in [1.807, 2.05) is 19.9 Å². The Morgan fingerprint density at radius 3 is 2.41 bits per heavy atom. The van der Waals surface area contributed by atoms with Crippen molar-refractivity contribution in [3.05, 3.63) is 52.9 Å². The van der Waals surface area contributed by atoms with Gasteiger partial charge in [0.05, 0.1) is 0 Å². The van der Waals surface area contributed by atoms with Crippen molar-refractivity contribution in [2.24, 2.45) is 0 Å². The number of aryl methyl sites for hydroxylation is 2. The third-order valence-electron chi connectivity index (χ3n) is 2.97. The summed E-state index contributed by atoms with van der Waals surface area (Å²) >= 11 is 0. The highest BCUT2D eigenvalue weighted by Crippen LogP contribution is 2.26. The van der Waals surface area contributed by atoms with Crippen LogP contribution in [0.3, 0.4) is 0 Å². The van der Waals surface area contributed by atoms with E-state index >= 15 is 0 Å². The van der Waals surface area contributed by atoms with E-state index in [0.29, 0.717) is 11.1 Å². The van der Waals surface area contributed by atoms with Crippen LogP contribution < -0.4 is 0 Å². The maximum Gasteiger partial charge on any atom is 0.136 e. The van der Waals surface area contributed by atoms with Crippen LogP contribution in [0.4, 0.5) is 8.78 Å². The molecular formula is C14H13F2N. The monoisotopic (exact) mass is 233 g/mol. The van der Waals surface area contributed by atoms with Gasteiger partial charge in [0.2, 0.25) is 0 Å². The summed E-state index contributed by atoms with van der Waals surface area (Å²) in [7, 11) is 0. The van der Waals surface area contributed by atoms with E-state index in [1.54, 1.807) is 6.20 Å². The molecule has 0 bridgehead atoms. The van der Waals surface area contributed by atoms with Gasteiger partial charge in [-0.2, -0.15) is 0 Å². The standard InChI is InChI=1S/C14H13F2N/c1-8-6-11(7-17-10(8)3)12-4-5-13(15)9(2)14(12)16/h4-7H,1-3H3. The Hall–Kier alpha value is -1.77. The highest BCUT2D eigenvalue weighted by molar-refractivity contribution is 5.65. The molecule has 0 aliphatic heterocycles. The molecule has 0 radical (unpaired) electrons. The highest BCUT2D eigenvalue weighted by Gasteiger charge is 2.12. The fraction of sp³-hybridized carbons (Fsp3) is 0.214. The lowest BCUT2D eigenvalue weighted by atomic mass is 10.0. The maximum atomic E-state index is 13.9. The lowest BCUT2D eigenvalue weighted by Crippen LogP contribution is -1.94. The average molecular weight is 233 g/mol. The number of hydrogen-bond acceptors (Lipinski definition) is 1. The number of pyridine rings is 1. The SMILES string of the molecule is Cc1cc(-c2ccc(F)c(C)c2F)cnc1C. The van der Waals surface area contributed by atoms with Crippen LogP contribution in [0.5, 0.6) is 0 Å². The summed E-state index contributed by atoms with van der Waals surface area (Å²) in [5.41, 5.74) is 3.01. The van der Waals surface area contributed by atoms with Gasteiger partial charge in [-0.15, -0.1) is 0 Å². The van der Waals surface area contributed by atoms with Gasteiger partial charge in [0, 0.05) is 28.6 Å². The quantitative estimate of drug-likeness (QED) is 0.726. The predicted octanol–water partition coefficient (Wildman–Crippen LogP) is 3.95. The highest BCUT2D eigenvalue weighted by atomic mass is 19.1. The van der Waals surface area contributed by atoms with Gasteiger partial charge in [-0.05, 0) is 44.5 Å². The van der Waals surface area contributed by atoms with Gasteiger partial charge in [0.15, 0.2) is 0 Å². The molecule has 1 aromatic heterocycles. The fourth-order valence-corrected chi connectivity index (χ4v) is 1.67. The third-order valence-corrected chi connectivity index (χ3v) is 2.97. The zero-order chi connectivity index (χ0) is 12.6. The Kier molecular flexibility index (Phi) is 2.92. The maximum absolute atomic E-state index is 13.9. The van der Waals surface area contributed by atoms with Gasteiger partial charge in [0.25, 0.3) is 0 Å². The van der Waals surface area contributed by atoms with Gasteiger partial charge < -0.3 is 0 Å². The predicted molar refractivity (Wildman–Crippen MR) is 63.8 cm³/mol. The van der Waals surface area contributed by atoms with E-state index in [0.717, 1.165) is 11.3 Å². The second-order valence-corrected chi connectivity index (χ2v) is 4.16. The van der Waals surface area contributed by atoms with E-state index in [2.05, 4.69) is 4.98 Å². The van der Waals surface area contributed by atoms with Crippen LogP contribution in [-0.4, -0.2) is 4.98 Å². The first-order valence-electron chi connectivity index (χ1n) is 5.39. The summed E-state index contributed by atoms with van der Waals surface area (Å²) in [4.78, 5) is 4.19. The van der Waals surface area contributed by atoms with Gasteiger partial charge in [0.1, 0.15) is 11.6 Å². The normalized spacial score (nSPS) is 10.6. The van der Waals surface area contributed by atoms with Crippen LogP contribution in [0.15, 0.2) is 24.4 Å². The molecule has 0 atom stereocenters. The molecule has 1 nitrogen and oxygen atoms in total. The minimum atomic E-state index is -0.525. The smallest absolute Gasteiger partial charge is 0.136 e. The molecule has 0 unspecified atom stereocenters. The van der Waals surface area contributed by atoms with Crippen LogP contribution in [0.25, 0.3) is 11.1 Å². The first kappa shape index (κ1) is 11.7. The summed E-state index contributed by atoms with van der Waals surface area (Å²) < 4.78 is 27.1. The topological polar surface area (TPSA) is 12.9 Å². The molecule has 3 heteroatoms. The number of hydrogen-bond donors (Lipinski definition) is 0. The molecule has 0 aliphatic rings. The fourth-order valence-electron chi connectivity index (χ4n) is 1.67. The van der Waals surface area contributed by atoms with Crippen LogP contribution in [0.2, 0.25) is 0 Å². The zero-order valence-electron chi connectivity index (χ0n) is 10.0. The third kappa shape index (κ3) is 2.05. The number of rotatable bonds is 1. The van der Waals surface area contributed by atoms with Crippen molar-refractivity contribution in [3.63, 3.8) is 0 Å². The van der Waals surface area contributed by atoms with E-state index in [1.165, 1.54) is 19.1 Å². The lowest BCUT2D eigenvalue weighted by Gasteiger charge is -2.08. The van der Waals surface area contributed by atoms with Crippen molar-refractivity contribution >= 4 is 0 Å². The zero-order valence-corrected chi connectivity index (χ0v) is 10.0. The number of nitrogens with zero attached hydrogens (tertiary/aromatic N) is 1. The molecule has 0 aliphatic carbocycles. The Morgan fingerprint density at radius 2 is 1.76 bits per heavy atom. The summed E-state index contributed by atoms with van der Waals surface area (Å²) in [6.07, 6.45) is 1.61. The molecule has 0 fully saturated rings. The molecule has 88 valence electrons. The average Bonchev–Trinajstić information content (AvgIpc) is 2.30. The molecule has 0 saturated heterocycles. The second-order valence-electron chi connectivity index (χ2n) is 4.16. The minimum Gasteiger partial charge on any atom is -0.261 e. The first-order valence-corrected chi connectivity index (χ1v) is 5.39. The first-order chi connectivity index (χ1) is 8.00.